The summed E-state index contributed by atoms with van der Waals surface area (Å²) in [4.78, 5) is 114. The van der Waals surface area contributed by atoms with Crippen molar-refractivity contribution in [1.82, 2.24) is 36.8 Å². The average molecular weight is 855 g/mol. The molecule has 5 unspecified atom stereocenters. The molecule has 2 aromatic carbocycles. The van der Waals surface area contributed by atoms with Gasteiger partial charge in [-0.2, -0.15) is 0 Å². The highest BCUT2D eigenvalue weighted by Gasteiger charge is 2.32. The van der Waals surface area contributed by atoms with Crippen LogP contribution in [-0.2, 0) is 44.8 Å². The lowest BCUT2D eigenvalue weighted by Gasteiger charge is -2.29. The molecule has 0 aromatic heterocycles. The van der Waals surface area contributed by atoms with Crippen LogP contribution in [0.25, 0.3) is 11.1 Å². The third kappa shape index (κ3) is 17.4. The van der Waals surface area contributed by atoms with Gasteiger partial charge in [-0.3, -0.25) is 43.2 Å². The van der Waals surface area contributed by atoms with Gasteiger partial charge in [-0.25, -0.2) is 0 Å². The van der Waals surface area contributed by atoms with E-state index in [0.717, 1.165) is 42.3 Å². The normalized spacial score (nSPS) is 13.2. The van der Waals surface area contributed by atoms with E-state index in [2.05, 4.69) is 51.0 Å². The van der Waals surface area contributed by atoms with Gasteiger partial charge in [-0.1, -0.05) is 49.7 Å². The van der Waals surface area contributed by atoms with E-state index in [1.54, 1.807) is 24.3 Å². The first kappa shape index (κ1) is 50.8. The van der Waals surface area contributed by atoms with Crippen LogP contribution in [0.5, 0.6) is 0 Å². The Morgan fingerprint density at radius 1 is 0.738 bits per heavy atom. The number of nitrogens with two attached hydrogens (primary N) is 1. The molecule has 0 fully saturated rings. The van der Waals surface area contributed by atoms with Crippen molar-refractivity contribution < 1.29 is 63.4 Å². The van der Waals surface area contributed by atoms with Gasteiger partial charge in [0.2, 0.25) is 41.4 Å². The lowest BCUT2D eigenvalue weighted by atomic mass is 9.92. The SMILES string of the molecule is CCCCc1ccc(-c2ccc(C(=O)NC(CO)C(=O)NC(C)C(=O)NCC(=O)N(C)C(CCC(=O)O)C(=O)NC(C)C(=O)NC(CC(N)=O)C(=O)NCB(O)O)cc2)cc1. The Morgan fingerprint density at radius 2 is 1.31 bits per heavy atom. The molecule has 12 N–H and O–H groups in total. The van der Waals surface area contributed by atoms with Crippen LogP contribution in [0.3, 0.4) is 0 Å². The number of hydrogen-bond donors (Lipinski definition) is 11. The zero-order valence-corrected chi connectivity index (χ0v) is 34.4. The number of unbranched alkanes of at least 4 members (excludes halogenated alkanes) is 1. The van der Waals surface area contributed by atoms with Crippen molar-refractivity contribution in [2.45, 2.75) is 89.5 Å². The molecule has 0 bridgehead atoms. The predicted octanol–water partition coefficient (Wildman–Crippen LogP) is -2.91. The van der Waals surface area contributed by atoms with Crippen LogP contribution in [0.1, 0.15) is 68.8 Å². The second kappa shape index (κ2) is 25.3. The highest BCUT2D eigenvalue weighted by Crippen LogP contribution is 2.21. The molecule has 332 valence electrons. The lowest BCUT2D eigenvalue weighted by Crippen LogP contribution is -2.57. The van der Waals surface area contributed by atoms with Gasteiger partial charge in [0.1, 0.15) is 30.2 Å². The molecule has 0 aliphatic rings. The van der Waals surface area contributed by atoms with Gasteiger partial charge < -0.3 is 62.8 Å². The van der Waals surface area contributed by atoms with E-state index < -0.39 is 129 Å². The zero-order chi connectivity index (χ0) is 45.8. The molecule has 0 heterocycles. The number of carboxylic acid groups (broad SMARTS) is 1. The third-order valence-electron chi connectivity index (χ3n) is 9.27. The first-order valence-corrected chi connectivity index (χ1v) is 19.5. The molecule has 8 amide bonds. The Hall–Kier alpha value is -6.39. The summed E-state index contributed by atoms with van der Waals surface area (Å²) in [6.07, 6.45) is 0.836. The predicted molar refractivity (Wildman–Crippen MR) is 219 cm³/mol. The first-order valence-electron chi connectivity index (χ1n) is 19.5. The van der Waals surface area contributed by atoms with Crippen LogP contribution >= 0.6 is 0 Å². The zero-order valence-electron chi connectivity index (χ0n) is 34.4. The van der Waals surface area contributed by atoms with E-state index in [9.17, 15) is 53.4 Å². The van der Waals surface area contributed by atoms with E-state index in [0.29, 0.717) is 0 Å². The van der Waals surface area contributed by atoms with Gasteiger partial charge in [0, 0.05) is 19.0 Å². The molecule has 0 saturated carbocycles. The topological polar surface area (TPSA) is 336 Å². The Bertz CT molecular complexity index is 1860. The summed E-state index contributed by atoms with van der Waals surface area (Å²) in [5.41, 5.74) is 8.42. The van der Waals surface area contributed by atoms with Crippen LogP contribution in [0.15, 0.2) is 48.5 Å². The number of primary amides is 1. The minimum atomic E-state index is -1.93. The number of carboxylic acids is 1. The minimum Gasteiger partial charge on any atom is -0.481 e. The molecule has 0 saturated heterocycles. The van der Waals surface area contributed by atoms with Crippen molar-refractivity contribution in [2.75, 3.05) is 26.6 Å². The van der Waals surface area contributed by atoms with Crippen LogP contribution in [-0.4, -0.2) is 142 Å². The number of rotatable bonds is 25. The Balaban J connectivity index is 1.98. The van der Waals surface area contributed by atoms with Crippen LogP contribution in [0, 0.1) is 0 Å². The summed E-state index contributed by atoms with van der Waals surface area (Å²) in [7, 11) is -0.787. The van der Waals surface area contributed by atoms with Gasteiger partial charge in [0.25, 0.3) is 5.91 Å². The summed E-state index contributed by atoms with van der Waals surface area (Å²) in [6.45, 7) is 3.06. The number of aliphatic carboxylic acids is 1. The van der Waals surface area contributed by atoms with Crippen LogP contribution in [0.4, 0.5) is 0 Å². The fraction of sp³-hybridized carbons (Fsp3) is 0.462. The number of nitrogens with zero attached hydrogens (tertiary/aromatic N) is 1. The molecule has 0 radical (unpaired) electrons. The molecule has 22 heteroatoms. The number of benzene rings is 2. The quantitative estimate of drug-likeness (QED) is 0.0447. The molecular formula is C39H55BN8O13. The third-order valence-corrected chi connectivity index (χ3v) is 9.27. The highest BCUT2D eigenvalue weighted by atomic mass is 16.4. The molecule has 21 nitrogen and oxygen atoms in total. The summed E-state index contributed by atoms with van der Waals surface area (Å²) in [5, 5.41) is 50.7. The maximum atomic E-state index is 13.3. The standard InChI is InChI=1S/C39H55BN8O13/c1-5-6-7-24-8-10-25(11-9-24)26-12-14-27(15-13-26)36(56)47-29(20-49)38(58)44-22(2)34(54)42-19-32(51)48(4)30(16-17-33(52)53)39(59)45-23(3)35(55)46-28(18-31(41)50)37(57)43-21-40(60)61/h8-15,22-23,28-30,49,60-61H,5-7,16-21H2,1-4H3,(H2,41,50)(H,42,54)(H,43,57)(H,44,58)(H,45,59)(H,46,55)(H,47,56)(H,52,53). The second-order valence-corrected chi connectivity index (χ2v) is 14.2. The van der Waals surface area contributed by atoms with Gasteiger partial charge in [-0.05, 0) is 61.9 Å². The van der Waals surface area contributed by atoms with Gasteiger partial charge in [0.15, 0.2) is 0 Å². The molecular weight excluding hydrogens is 799 g/mol. The number of carbonyl (C=O) groups is 9. The smallest absolute Gasteiger partial charge is 0.472 e. The molecule has 2 aromatic rings. The highest BCUT2D eigenvalue weighted by molar-refractivity contribution is 6.41. The number of likely N-dealkylation sites (N-methyl/N-ethyl adjacent to an activating group) is 1. The van der Waals surface area contributed by atoms with Gasteiger partial charge in [0.05, 0.1) is 26.0 Å². The number of hydrogen-bond acceptors (Lipinski definition) is 12. The first-order chi connectivity index (χ1) is 28.8. The largest absolute Gasteiger partial charge is 0.481 e. The number of amides is 8. The summed E-state index contributed by atoms with van der Waals surface area (Å²) >= 11 is 0. The fourth-order valence-corrected chi connectivity index (χ4v) is 5.65. The number of carbonyl (C=O) groups excluding carboxylic acids is 8. The molecule has 0 aliphatic heterocycles. The fourth-order valence-electron chi connectivity index (χ4n) is 5.65. The molecule has 61 heavy (non-hydrogen) atoms. The van der Waals surface area contributed by atoms with Gasteiger partial charge in [-0.15, -0.1) is 0 Å². The van der Waals surface area contributed by atoms with Crippen molar-refractivity contribution >= 4 is 60.3 Å². The number of aliphatic hydroxyl groups is 1. The van der Waals surface area contributed by atoms with E-state index in [-0.39, 0.29) is 5.56 Å². The maximum absolute atomic E-state index is 13.3. The lowest BCUT2D eigenvalue weighted by molar-refractivity contribution is -0.142. The Kier molecular flexibility index (Phi) is 21.0. The van der Waals surface area contributed by atoms with Crippen molar-refractivity contribution in [3.8, 4) is 11.1 Å². The average Bonchev–Trinajstić information content (AvgIpc) is 3.22. The Labute approximate surface area is 352 Å². The molecule has 0 aliphatic carbocycles. The van der Waals surface area contributed by atoms with Crippen LogP contribution in [0.2, 0.25) is 0 Å². The molecule has 2 rings (SSSR count). The number of aryl methyl sites for hydroxylation is 1. The Morgan fingerprint density at radius 3 is 1.85 bits per heavy atom. The molecule has 5 atom stereocenters. The van der Waals surface area contributed by atoms with Crippen molar-refractivity contribution in [3.05, 3.63) is 59.7 Å². The monoisotopic (exact) mass is 854 g/mol. The van der Waals surface area contributed by atoms with E-state index in [1.807, 2.05) is 12.1 Å². The van der Waals surface area contributed by atoms with Crippen molar-refractivity contribution in [1.29, 1.82) is 0 Å². The minimum absolute atomic E-state index is 0.214. The van der Waals surface area contributed by atoms with E-state index >= 15 is 0 Å². The number of aliphatic hydroxyl groups excluding tert-OH is 1. The second-order valence-electron chi connectivity index (χ2n) is 14.2. The van der Waals surface area contributed by atoms with Gasteiger partial charge >= 0.3 is 13.1 Å². The van der Waals surface area contributed by atoms with E-state index in [1.165, 1.54) is 19.4 Å². The van der Waals surface area contributed by atoms with E-state index in [4.69, 9.17) is 15.8 Å². The summed E-state index contributed by atoms with van der Waals surface area (Å²) in [5.74, 6) is -8.60. The maximum Gasteiger partial charge on any atom is 0.472 e. The summed E-state index contributed by atoms with van der Waals surface area (Å²) < 4.78 is 0. The van der Waals surface area contributed by atoms with Crippen LogP contribution < -0.4 is 37.6 Å². The van der Waals surface area contributed by atoms with Crippen molar-refractivity contribution in [2.24, 2.45) is 5.73 Å². The van der Waals surface area contributed by atoms with Crippen molar-refractivity contribution in [3.63, 3.8) is 0 Å². The summed E-state index contributed by atoms with van der Waals surface area (Å²) in [6, 6.07) is 7.54. The number of nitrogens with one attached hydrogen (secondary N) is 6. The molecule has 0 spiro atoms.